The summed E-state index contributed by atoms with van der Waals surface area (Å²) < 4.78 is 0. The normalized spacial score (nSPS) is 17.3. The van der Waals surface area contributed by atoms with Crippen molar-refractivity contribution in [2.24, 2.45) is 23.7 Å². The second-order valence-corrected chi connectivity index (χ2v) is 4.98. The average molecular weight is 254 g/mol. The fourth-order valence-corrected chi connectivity index (χ4v) is 1.95. The Morgan fingerprint density at radius 1 is 1.00 bits per heavy atom. The third-order valence-corrected chi connectivity index (χ3v) is 3.35. The zero-order valence-corrected chi connectivity index (χ0v) is 11.5. The Balaban J connectivity index is 4.63. The first-order valence-electron chi connectivity index (χ1n) is 6.37. The van der Waals surface area contributed by atoms with Gasteiger partial charge in [0.05, 0.1) is 0 Å². The predicted molar refractivity (Wildman–Crippen MR) is 68.0 cm³/mol. The van der Waals surface area contributed by atoms with Gasteiger partial charge >= 0.3 is 0 Å². The smallest absolute Gasteiger partial charge is 0.202 e. The molecule has 4 heteroatoms. The molecule has 0 aromatic carbocycles. The molecule has 0 saturated heterocycles. The van der Waals surface area contributed by atoms with Crippen molar-refractivity contribution in [1.29, 1.82) is 0 Å². The van der Waals surface area contributed by atoms with Crippen molar-refractivity contribution in [2.75, 3.05) is 0 Å². The van der Waals surface area contributed by atoms with E-state index in [0.717, 1.165) is 12.6 Å². The molecule has 0 aromatic heterocycles. The average Bonchev–Trinajstić information content (AvgIpc) is 2.37. The van der Waals surface area contributed by atoms with Crippen molar-refractivity contribution in [2.45, 2.75) is 40.5 Å². The largest absolute Gasteiger partial charge is 0.303 e. The standard InChI is InChI=1S/C14H22O4/c1-5-12(8-16)11(4)14(18)13(17)10(3)6-9(2)7-15/h7-12H,5-6H2,1-4H3. The summed E-state index contributed by atoms with van der Waals surface area (Å²) in [5.41, 5.74) is 0. The van der Waals surface area contributed by atoms with Crippen LogP contribution in [0, 0.1) is 23.7 Å². The summed E-state index contributed by atoms with van der Waals surface area (Å²) in [5, 5.41) is 0. The lowest BCUT2D eigenvalue weighted by Gasteiger charge is -2.18. The Labute approximate surface area is 108 Å². The zero-order valence-electron chi connectivity index (χ0n) is 11.5. The number of rotatable bonds is 9. The molecule has 0 heterocycles. The van der Waals surface area contributed by atoms with Crippen LogP contribution < -0.4 is 0 Å². The van der Waals surface area contributed by atoms with Gasteiger partial charge in [-0.15, -0.1) is 0 Å². The molecule has 4 atom stereocenters. The van der Waals surface area contributed by atoms with Crippen LogP contribution >= 0.6 is 0 Å². The molecule has 0 rings (SSSR count). The third-order valence-electron chi connectivity index (χ3n) is 3.35. The van der Waals surface area contributed by atoms with Crippen LogP contribution in [0.1, 0.15) is 40.5 Å². The number of hydrogen-bond acceptors (Lipinski definition) is 4. The molecular weight excluding hydrogens is 232 g/mol. The van der Waals surface area contributed by atoms with Gasteiger partial charge in [-0.1, -0.05) is 27.7 Å². The second kappa shape index (κ2) is 7.90. The molecule has 0 aliphatic rings. The second-order valence-electron chi connectivity index (χ2n) is 4.98. The van der Waals surface area contributed by atoms with Gasteiger partial charge in [0.15, 0.2) is 0 Å². The summed E-state index contributed by atoms with van der Waals surface area (Å²) >= 11 is 0. The summed E-state index contributed by atoms with van der Waals surface area (Å²) in [5.74, 6) is -2.66. The fraction of sp³-hybridized carbons (Fsp3) is 0.714. The maximum Gasteiger partial charge on any atom is 0.202 e. The van der Waals surface area contributed by atoms with Crippen LogP contribution in [0.5, 0.6) is 0 Å². The van der Waals surface area contributed by atoms with E-state index >= 15 is 0 Å². The van der Waals surface area contributed by atoms with Gasteiger partial charge in [-0.2, -0.15) is 0 Å². The summed E-state index contributed by atoms with van der Waals surface area (Å²) in [7, 11) is 0. The van der Waals surface area contributed by atoms with Crippen molar-refractivity contribution in [1.82, 2.24) is 0 Å². The van der Waals surface area contributed by atoms with E-state index in [1.54, 1.807) is 20.8 Å². The number of aldehydes is 2. The van der Waals surface area contributed by atoms with E-state index < -0.39 is 29.3 Å². The highest BCUT2D eigenvalue weighted by Crippen LogP contribution is 2.19. The topological polar surface area (TPSA) is 68.3 Å². The minimum absolute atomic E-state index is 0.236. The number of Topliss-reactive ketones (excluding diaryl/α,β-unsaturated/α-hetero) is 2. The van der Waals surface area contributed by atoms with Gasteiger partial charge in [0.25, 0.3) is 0 Å². The molecule has 0 bridgehead atoms. The van der Waals surface area contributed by atoms with Gasteiger partial charge in [0.2, 0.25) is 11.6 Å². The number of hydrogen-bond donors (Lipinski definition) is 0. The Bertz CT molecular complexity index is 322. The van der Waals surface area contributed by atoms with E-state index in [2.05, 4.69) is 0 Å². The first-order chi connectivity index (χ1) is 8.38. The van der Waals surface area contributed by atoms with Crippen molar-refractivity contribution in [3.63, 3.8) is 0 Å². The lowest BCUT2D eigenvalue weighted by molar-refractivity contribution is -0.142. The Kier molecular flexibility index (Phi) is 7.32. The number of carbonyl (C=O) groups is 4. The Hall–Kier alpha value is -1.32. The lowest BCUT2D eigenvalue weighted by atomic mass is 9.83. The Morgan fingerprint density at radius 2 is 1.56 bits per heavy atom. The first-order valence-corrected chi connectivity index (χ1v) is 6.37. The molecule has 0 amide bonds. The van der Waals surface area contributed by atoms with E-state index in [4.69, 9.17) is 0 Å². The van der Waals surface area contributed by atoms with Crippen LogP contribution in [0.2, 0.25) is 0 Å². The minimum atomic E-state index is -0.575. The van der Waals surface area contributed by atoms with Crippen molar-refractivity contribution in [3.05, 3.63) is 0 Å². The predicted octanol–water partition coefficient (Wildman–Crippen LogP) is 1.85. The monoisotopic (exact) mass is 254 g/mol. The van der Waals surface area contributed by atoms with E-state index in [0.29, 0.717) is 12.8 Å². The minimum Gasteiger partial charge on any atom is -0.303 e. The summed E-state index contributed by atoms with van der Waals surface area (Å²) in [6, 6.07) is 0. The third kappa shape index (κ3) is 4.51. The molecule has 0 aliphatic heterocycles. The molecule has 0 spiro atoms. The fourth-order valence-electron chi connectivity index (χ4n) is 1.95. The molecule has 4 nitrogen and oxygen atoms in total. The summed E-state index contributed by atoms with van der Waals surface area (Å²) in [6.07, 6.45) is 2.42. The first kappa shape index (κ1) is 16.7. The van der Waals surface area contributed by atoms with Crippen LogP contribution in [-0.4, -0.2) is 24.1 Å². The molecule has 0 fully saturated rings. The van der Waals surface area contributed by atoms with Gasteiger partial charge < -0.3 is 9.59 Å². The maximum absolute atomic E-state index is 11.9. The van der Waals surface area contributed by atoms with E-state index in [1.807, 2.05) is 6.92 Å². The van der Waals surface area contributed by atoms with Crippen LogP contribution in [0.3, 0.4) is 0 Å². The molecule has 0 radical (unpaired) electrons. The molecule has 4 unspecified atom stereocenters. The van der Waals surface area contributed by atoms with Crippen LogP contribution in [0.4, 0.5) is 0 Å². The zero-order chi connectivity index (χ0) is 14.3. The Morgan fingerprint density at radius 3 is 1.94 bits per heavy atom. The molecule has 18 heavy (non-hydrogen) atoms. The summed E-state index contributed by atoms with van der Waals surface area (Å²) in [4.78, 5) is 45.1. The van der Waals surface area contributed by atoms with E-state index in [9.17, 15) is 19.2 Å². The molecule has 102 valence electrons. The SMILES string of the molecule is CCC(C=O)C(C)C(=O)C(=O)C(C)CC(C)C=O. The van der Waals surface area contributed by atoms with E-state index in [-0.39, 0.29) is 5.92 Å². The summed E-state index contributed by atoms with van der Waals surface area (Å²) in [6.45, 7) is 6.78. The van der Waals surface area contributed by atoms with Gasteiger partial charge in [-0.25, -0.2) is 0 Å². The number of carbonyl (C=O) groups excluding carboxylic acids is 4. The quantitative estimate of drug-likeness (QED) is 0.465. The number of ketones is 2. The van der Waals surface area contributed by atoms with Crippen molar-refractivity contribution < 1.29 is 19.2 Å². The van der Waals surface area contributed by atoms with Gasteiger partial charge in [0, 0.05) is 23.7 Å². The highest BCUT2D eigenvalue weighted by molar-refractivity contribution is 6.38. The highest BCUT2D eigenvalue weighted by atomic mass is 16.2. The molecule has 0 aliphatic carbocycles. The molecule has 0 aromatic rings. The molecular formula is C14H22O4. The van der Waals surface area contributed by atoms with Gasteiger partial charge in [-0.05, 0) is 12.8 Å². The highest BCUT2D eigenvalue weighted by Gasteiger charge is 2.30. The van der Waals surface area contributed by atoms with Crippen LogP contribution in [0.25, 0.3) is 0 Å². The lowest BCUT2D eigenvalue weighted by Crippen LogP contribution is -2.32. The molecule has 0 saturated carbocycles. The maximum atomic E-state index is 11.9. The van der Waals surface area contributed by atoms with Crippen molar-refractivity contribution in [3.8, 4) is 0 Å². The van der Waals surface area contributed by atoms with Crippen molar-refractivity contribution >= 4 is 24.1 Å². The van der Waals surface area contributed by atoms with Crippen LogP contribution in [0.15, 0.2) is 0 Å². The van der Waals surface area contributed by atoms with Gasteiger partial charge in [0.1, 0.15) is 12.6 Å². The van der Waals surface area contributed by atoms with E-state index in [1.165, 1.54) is 0 Å². The molecule has 0 N–H and O–H groups in total. The van der Waals surface area contributed by atoms with Gasteiger partial charge in [-0.3, -0.25) is 9.59 Å². The van der Waals surface area contributed by atoms with Crippen LogP contribution in [-0.2, 0) is 19.2 Å².